The molecule has 2 amide bonds. The first-order valence-electron chi connectivity index (χ1n) is 10.2. The van der Waals surface area contributed by atoms with E-state index in [1.807, 2.05) is 18.2 Å². The van der Waals surface area contributed by atoms with Crippen molar-refractivity contribution >= 4 is 11.8 Å². The van der Waals surface area contributed by atoms with Gasteiger partial charge in [0.2, 0.25) is 11.8 Å². The van der Waals surface area contributed by atoms with Crippen molar-refractivity contribution in [3.63, 3.8) is 0 Å². The zero-order chi connectivity index (χ0) is 20.5. The van der Waals surface area contributed by atoms with Crippen LogP contribution >= 0.6 is 0 Å². The average Bonchev–Trinajstić information content (AvgIpc) is 2.69. The van der Waals surface area contributed by atoms with Crippen LogP contribution in [0, 0.1) is 11.8 Å². The van der Waals surface area contributed by atoms with Crippen molar-refractivity contribution in [2.24, 2.45) is 11.8 Å². The lowest BCUT2D eigenvalue weighted by atomic mass is 9.78. The summed E-state index contributed by atoms with van der Waals surface area (Å²) in [6.07, 6.45) is 4.57. The molecule has 0 aliphatic heterocycles. The number of methoxy groups -OCH3 is 2. The van der Waals surface area contributed by atoms with Crippen LogP contribution in [0.25, 0.3) is 0 Å². The van der Waals surface area contributed by atoms with Crippen LogP contribution in [0.2, 0.25) is 0 Å². The number of nitrogens with one attached hydrogen (secondary N) is 2. The van der Waals surface area contributed by atoms with E-state index in [0.29, 0.717) is 36.3 Å². The minimum absolute atomic E-state index is 0.0269. The summed E-state index contributed by atoms with van der Waals surface area (Å²) in [4.78, 5) is 24.2. The van der Waals surface area contributed by atoms with Crippen LogP contribution in [0.4, 0.5) is 0 Å². The summed E-state index contributed by atoms with van der Waals surface area (Å²) in [7, 11) is 3.20. The van der Waals surface area contributed by atoms with Crippen molar-refractivity contribution in [3.05, 3.63) is 23.8 Å². The zero-order valence-electron chi connectivity index (χ0n) is 17.5. The molecule has 0 spiro atoms. The van der Waals surface area contributed by atoms with E-state index in [1.54, 1.807) is 14.2 Å². The predicted octanol–water partition coefficient (Wildman–Crippen LogP) is 3.08. The van der Waals surface area contributed by atoms with Crippen LogP contribution in [0.1, 0.15) is 51.5 Å². The van der Waals surface area contributed by atoms with Crippen LogP contribution < -0.4 is 20.1 Å². The fraction of sp³-hybridized carbons (Fsp3) is 0.636. The van der Waals surface area contributed by atoms with Gasteiger partial charge in [-0.25, -0.2) is 0 Å². The Bertz CT molecular complexity index is 662. The Hall–Kier alpha value is -2.24. The highest BCUT2D eigenvalue weighted by molar-refractivity contribution is 5.83. The highest BCUT2D eigenvalue weighted by Crippen LogP contribution is 2.29. The molecule has 1 fully saturated rings. The Balaban J connectivity index is 1.68. The van der Waals surface area contributed by atoms with Crippen molar-refractivity contribution in [3.8, 4) is 11.5 Å². The topological polar surface area (TPSA) is 76.7 Å². The Kier molecular flexibility index (Phi) is 8.61. The first kappa shape index (κ1) is 22.1. The van der Waals surface area contributed by atoms with Crippen LogP contribution in [-0.4, -0.2) is 38.6 Å². The molecule has 0 saturated heterocycles. The standard InChI is InChI=1S/C22H34N2O4/c1-15-6-5-7-18(16(15)2)24-22(26)11-10-21(25)23-13-12-17-8-9-19(27-3)20(14-17)28-4/h8-9,14-16,18H,5-7,10-13H2,1-4H3,(H,23,25)(H,24,26)/t15-,16-,18+/m0/s1. The van der Waals surface area contributed by atoms with Gasteiger partial charge < -0.3 is 20.1 Å². The van der Waals surface area contributed by atoms with Gasteiger partial charge in [0.25, 0.3) is 0 Å². The van der Waals surface area contributed by atoms with E-state index < -0.39 is 0 Å². The lowest BCUT2D eigenvalue weighted by Crippen LogP contribution is -2.43. The fourth-order valence-corrected chi connectivity index (χ4v) is 3.76. The SMILES string of the molecule is COc1ccc(CCNC(=O)CCC(=O)N[C@@H]2CCC[C@H](C)[C@@H]2C)cc1OC. The number of hydrogen-bond acceptors (Lipinski definition) is 4. The van der Waals surface area contributed by atoms with Crippen LogP contribution in [0.5, 0.6) is 11.5 Å². The molecule has 0 unspecified atom stereocenters. The number of ether oxygens (including phenoxy) is 2. The normalized spacial score (nSPS) is 21.6. The van der Waals surface area contributed by atoms with Gasteiger partial charge in [-0.2, -0.15) is 0 Å². The fourth-order valence-electron chi connectivity index (χ4n) is 3.76. The number of benzene rings is 1. The van der Waals surface area contributed by atoms with E-state index in [0.717, 1.165) is 18.4 Å². The molecule has 2 N–H and O–H groups in total. The molecule has 1 aliphatic carbocycles. The molecular weight excluding hydrogens is 356 g/mol. The van der Waals surface area contributed by atoms with Crippen molar-refractivity contribution in [2.45, 2.75) is 58.4 Å². The van der Waals surface area contributed by atoms with E-state index >= 15 is 0 Å². The third kappa shape index (κ3) is 6.43. The van der Waals surface area contributed by atoms with Gasteiger partial charge in [-0.1, -0.05) is 32.8 Å². The Labute approximate surface area is 168 Å². The highest BCUT2D eigenvalue weighted by Gasteiger charge is 2.28. The monoisotopic (exact) mass is 390 g/mol. The van der Waals surface area contributed by atoms with Crippen LogP contribution in [0.15, 0.2) is 18.2 Å². The molecule has 0 radical (unpaired) electrons. The van der Waals surface area contributed by atoms with Gasteiger partial charge in [-0.15, -0.1) is 0 Å². The van der Waals surface area contributed by atoms with E-state index in [4.69, 9.17) is 9.47 Å². The van der Waals surface area contributed by atoms with Gasteiger partial charge in [0.15, 0.2) is 11.5 Å². The second-order valence-electron chi connectivity index (χ2n) is 7.73. The van der Waals surface area contributed by atoms with Gasteiger partial charge in [-0.05, 0) is 42.4 Å². The molecule has 1 aromatic carbocycles. The summed E-state index contributed by atoms with van der Waals surface area (Å²) in [5.74, 6) is 2.37. The smallest absolute Gasteiger partial charge is 0.220 e. The van der Waals surface area contributed by atoms with Crippen molar-refractivity contribution < 1.29 is 19.1 Å². The molecule has 28 heavy (non-hydrogen) atoms. The maximum Gasteiger partial charge on any atom is 0.220 e. The highest BCUT2D eigenvalue weighted by atomic mass is 16.5. The number of hydrogen-bond donors (Lipinski definition) is 2. The molecule has 6 heteroatoms. The molecule has 6 nitrogen and oxygen atoms in total. The molecule has 3 atom stereocenters. The molecule has 0 bridgehead atoms. The second-order valence-corrected chi connectivity index (χ2v) is 7.73. The van der Waals surface area contributed by atoms with E-state index in [-0.39, 0.29) is 30.7 Å². The average molecular weight is 391 g/mol. The molecule has 1 aliphatic rings. The summed E-state index contributed by atoms with van der Waals surface area (Å²) in [6.45, 7) is 4.97. The van der Waals surface area contributed by atoms with Gasteiger partial charge in [0.1, 0.15) is 0 Å². The molecule has 0 heterocycles. The quantitative estimate of drug-likeness (QED) is 0.679. The maximum atomic E-state index is 12.2. The lowest BCUT2D eigenvalue weighted by molar-refractivity contribution is -0.127. The third-order valence-electron chi connectivity index (χ3n) is 5.82. The van der Waals surface area contributed by atoms with Crippen molar-refractivity contribution in [1.29, 1.82) is 0 Å². The summed E-state index contributed by atoms with van der Waals surface area (Å²) < 4.78 is 10.5. The van der Waals surface area contributed by atoms with Gasteiger partial charge >= 0.3 is 0 Å². The maximum absolute atomic E-state index is 12.2. The summed E-state index contributed by atoms with van der Waals surface area (Å²) in [5, 5.41) is 6.00. The van der Waals surface area contributed by atoms with Gasteiger partial charge in [0.05, 0.1) is 14.2 Å². The summed E-state index contributed by atoms with van der Waals surface area (Å²) >= 11 is 0. The van der Waals surface area contributed by atoms with Gasteiger partial charge in [-0.3, -0.25) is 9.59 Å². The summed E-state index contributed by atoms with van der Waals surface area (Å²) in [5.41, 5.74) is 1.05. The Morgan fingerprint density at radius 1 is 1.04 bits per heavy atom. The van der Waals surface area contributed by atoms with Gasteiger partial charge in [0, 0.05) is 25.4 Å². The number of carbonyl (C=O) groups excluding carboxylic acids is 2. The lowest BCUT2D eigenvalue weighted by Gasteiger charge is -2.34. The summed E-state index contributed by atoms with van der Waals surface area (Å²) in [6, 6.07) is 5.95. The number of amides is 2. The predicted molar refractivity (Wildman–Crippen MR) is 110 cm³/mol. The molecule has 1 aromatic rings. The minimum Gasteiger partial charge on any atom is -0.493 e. The second kappa shape index (κ2) is 10.9. The third-order valence-corrected chi connectivity index (χ3v) is 5.82. The molecule has 1 saturated carbocycles. The molecular formula is C22H34N2O4. The first-order chi connectivity index (χ1) is 13.4. The van der Waals surface area contributed by atoms with Crippen molar-refractivity contribution in [2.75, 3.05) is 20.8 Å². The minimum atomic E-state index is -0.0966. The molecule has 0 aromatic heterocycles. The van der Waals surface area contributed by atoms with E-state index in [9.17, 15) is 9.59 Å². The van der Waals surface area contributed by atoms with E-state index in [2.05, 4.69) is 24.5 Å². The molecule has 2 rings (SSSR count). The van der Waals surface area contributed by atoms with E-state index in [1.165, 1.54) is 6.42 Å². The number of carbonyl (C=O) groups is 2. The largest absolute Gasteiger partial charge is 0.493 e. The van der Waals surface area contributed by atoms with Crippen LogP contribution in [-0.2, 0) is 16.0 Å². The van der Waals surface area contributed by atoms with Crippen LogP contribution in [0.3, 0.4) is 0 Å². The Morgan fingerprint density at radius 2 is 1.75 bits per heavy atom. The van der Waals surface area contributed by atoms with Crippen molar-refractivity contribution in [1.82, 2.24) is 10.6 Å². The molecule has 156 valence electrons. The Morgan fingerprint density at radius 3 is 2.46 bits per heavy atom. The first-order valence-corrected chi connectivity index (χ1v) is 10.2. The number of rotatable bonds is 9. The zero-order valence-corrected chi connectivity index (χ0v) is 17.5.